The van der Waals surface area contributed by atoms with E-state index in [2.05, 4.69) is 5.32 Å². The number of hydrogen-bond donors (Lipinski definition) is 2. The number of carbonyl (C=O) groups is 2. The van der Waals surface area contributed by atoms with E-state index in [-0.39, 0.29) is 19.4 Å². The molecule has 0 aliphatic carbocycles. The van der Waals surface area contributed by atoms with Crippen LogP contribution in [0.25, 0.3) is 0 Å². The summed E-state index contributed by atoms with van der Waals surface area (Å²) >= 11 is 0. The van der Waals surface area contributed by atoms with Crippen LogP contribution in [0, 0.1) is 0 Å². The van der Waals surface area contributed by atoms with Crippen molar-refractivity contribution in [3.8, 4) is 0 Å². The lowest BCUT2D eigenvalue weighted by molar-refractivity contribution is -0.137. The highest BCUT2D eigenvalue weighted by atomic mass is 19.3. The number of carboxylic acid groups (broad SMARTS) is 1. The summed E-state index contributed by atoms with van der Waals surface area (Å²) in [5.41, 5.74) is 0.532. The Morgan fingerprint density at radius 1 is 1.25 bits per heavy atom. The molecular weight excluding hydrogens is 270 g/mol. The van der Waals surface area contributed by atoms with Crippen molar-refractivity contribution in [2.24, 2.45) is 0 Å². The molecule has 2 amide bonds. The van der Waals surface area contributed by atoms with Gasteiger partial charge in [-0.05, 0) is 18.6 Å². The normalized spacial score (nSPS) is 10.3. The van der Waals surface area contributed by atoms with Crippen LogP contribution in [-0.2, 0) is 4.79 Å². The summed E-state index contributed by atoms with van der Waals surface area (Å²) in [6, 6.07) is 7.82. The third-order valence-corrected chi connectivity index (χ3v) is 2.49. The molecule has 110 valence electrons. The SMILES string of the molecule is O=C(O)CCCN(C(=O)NCC(F)F)c1ccccc1. The van der Waals surface area contributed by atoms with Gasteiger partial charge in [-0.2, -0.15) is 0 Å². The van der Waals surface area contributed by atoms with Crippen molar-refractivity contribution in [2.45, 2.75) is 19.3 Å². The number of nitrogens with zero attached hydrogens (tertiary/aromatic N) is 1. The van der Waals surface area contributed by atoms with Crippen LogP contribution >= 0.6 is 0 Å². The first-order valence-corrected chi connectivity index (χ1v) is 6.11. The number of hydrogen-bond acceptors (Lipinski definition) is 2. The van der Waals surface area contributed by atoms with Crippen LogP contribution in [0.2, 0.25) is 0 Å². The lowest BCUT2D eigenvalue weighted by atomic mass is 10.2. The molecule has 0 bridgehead atoms. The Balaban J connectivity index is 2.68. The maximum absolute atomic E-state index is 12.1. The number of aliphatic carboxylic acids is 1. The van der Waals surface area contributed by atoms with Crippen molar-refractivity contribution in [2.75, 3.05) is 18.0 Å². The number of carbonyl (C=O) groups excluding carboxylic acids is 1. The molecule has 0 aliphatic heterocycles. The van der Waals surface area contributed by atoms with Gasteiger partial charge >= 0.3 is 12.0 Å². The zero-order chi connectivity index (χ0) is 15.0. The second kappa shape index (κ2) is 8.08. The van der Waals surface area contributed by atoms with E-state index in [9.17, 15) is 18.4 Å². The van der Waals surface area contributed by atoms with Crippen molar-refractivity contribution >= 4 is 17.7 Å². The quantitative estimate of drug-likeness (QED) is 0.808. The van der Waals surface area contributed by atoms with Crippen molar-refractivity contribution in [1.82, 2.24) is 5.32 Å². The van der Waals surface area contributed by atoms with Gasteiger partial charge in [0.2, 0.25) is 0 Å². The van der Waals surface area contributed by atoms with Crippen molar-refractivity contribution in [1.29, 1.82) is 0 Å². The lowest BCUT2D eigenvalue weighted by Gasteiger charge is -2.23. The number of carboxylic acids is 1. The number of nitrogens with one attached hydrogen (secondary N) is 1. The highest BCUT2D eigenvalue weighted by Gasteiger charge is 2.16. The van der Waals surface area contributed by atoms with Gasteiger partial charge < -0.3 is 10.4 Å². The Labute approximate surface area is 115 Å². The number of anilines is 1. The monoisotopic (exact) mass is 286 g/mol. The number of halogens is 2. The van der Waals surface area contributed by atoms with Gasteiger partial charge in [0, 0.05) is 18.7 Å². The fraction of sp³-hybridized carbons (Fsp3) is 0.385. The zero-order valence-corrected chi connectivity index (χ0v) is 10.8. The van der Waals surface area contributed by atoms with Crippen LogP contribution in [0.4, 0.5) is 19.3 Å². The van der Waals surface area contributed by atoms with Crippen LogP contribution in [0.3, 0.4) is 0 Å². The van der Waals surface area contributed by atoms with E-state index in [1.807, 2.05) is 0 Å². The van der Waals surface area contributed by atoms with Gasteiger partial charge in [-0.15, -0.1) is 0 Å². The first-order chi connectivity index (χ1) is 9.50. The molecule has 7 heteroatoms. The number of amides is 2. The number of alkyl halides is 2. The molecule has 2 N–H and O–H groups in total. The summed E-state index contributed by atoms with van der Waals surface area (Å²) in [4.78, 5) is 23.6. The summed E-state index contributed by atoms with van der Waals surface area (Å²) in [6.45, 7) is -0.591. The Kier molecular flexibility index (Phi) is 6.42. The third kappa shape index (κ3) is 5.64. The largest absolute Gasteiger partial charge is 0.481 e. The van der Waals surface area contributed by atoms with Gasteiger partial charge in [-0.1, -0.05) is 18.2 Å². The molecule has 0 fully saturated rings. The topological polar surface area (TPSA) is 69.6 Å². The first kappa shape index (κ1) is 15.9. The standard InChI is InChI=1S/C13H16F2N2O3/c14-11(15)9-16-13(20)17(8-4-7-12(18)19)10-5-2-1-3-6-10/h1-3,5-6,11H,4,7-9H2,(H,16,20)(H,18,19). The number of urea groups is 1. The lowest BCUT2D eigenvalue weighted by Crippen LogP contribution is -2.42. The van der Waals surface area contributed by atoms with E-state index in [0.29, 0.717) is 5.69 Å². The number of benzene rings is 1. The molecule has 20 heavy (non-hydrogen) atoms. The molecule has 0 unspecified atom stereocenters. The summed E-state index contributed by atoms with van der Waals surface area (Å²) in [5, 5.41) is 10.7. The molecule has 0 saturated carbocycles. The highest BCUT2D eigenvalue weighted by molar-refractivity contribution is 5.91. The van der Waals surface area contributed by atoms with E-state index < -0.39 is 25.0 Å². The summed E-state index contributed by atoms with van der Waals surface area (Å²) < 4.78 is 24.2. The van der Waals surface area contributed by atoms with Crippen molar-refractivity contribution in [3.05, 3.63) is 30.3 Å². The molecule has 1 aromatic rings. The van der Waals surface area contributed by atoms with E-state index in [1.54, 1.807) is 30.3 Å². The predicted octanol–water partition coefficient (Wildman–Crippen LogP) is 2.33. The van der Waals surface area contributed by atoms with Crippen molar-refractivity contribution < 1.29 is 23.5 Å². The molecular formula is C13H16F2N2O3. The minimum atomic E-state index is -2.63. The Bertz CT molecular complexity index is 441. The molecule has 0 aromatic heterocycles. The highest BCUT2D eigenvalue weighted by Crippen LogP contribution is 2.14. The van der Waals surface area contributed by atoms with Crippen LogP contribution < -0.4 is 10.2 Å². The van der Waals surface area contributed by atoms with Crippen LogP contribution in [0.5, 0.6) is 0 Å². The van der Waals surface area contributed by atoms with Gasteiger partial charge in [-0.3, -0.25) is 9.69 Å². The van der Waals surface area contributed by atoms with Crippen LogP contribution in [-0.4, -0.2) is 36.6 Å². The van der Waals surface area contributed by atoms with E-state index in [0.717, 1.165) is 0 Å². The average Bonchev–Trinajstić information content (AvgIpc) is 2.41. The van der Waals surface area contributed by atoms with E-state index in [4.69, 9.17) is 5.11 Å². The molecule has 1 aromatic carbocycles. The second-order valence-corrected chi connectivity index (χ2v) is 4.06. The predicted molar refractivity (Wildman–Crippen MR) is 70.1 cm³/mol. The molecule has 0 spiro atoms. The first-order valence-electron chi connectivity index (χ1n) is 6.11. The fourth-order valence-electron chi connectivity index (χ4n) is 1.60. The zero-order valence-electron chi connectivity index (χ0n) is 10.8. The van der Waals surface area contributed by atoms with Gasteiger partial charge in [0.25, 0.3) is 6.43 Å². The summed E-state index contributed by atoms with van der Waals surface area (Å²) in [6.07, 6.45) is -2.48. The van der Waals surface area contributed by atoms with Gasteiger partial charge in [0.05, 0.1) is 6.54 Å². The van der Waals surface area contributed by atoms with Gasteiger partial charge in [0.15, 0.2) is 0 Å². The smallest absolute Gasteiger partial charge is 0.322 e. The Morgan fingerprint density at radius 3 is 2.45 bits per heavy atom. The Morgan fingerprint density at radius 2 is 1.90 bits per heavy atom. The Hall–Kier alpha value is -2.18. The average molecular weight is 286 g/mol. The fourth-order valence-corrected chi connectivity index (χ4v) is 1.60. The van der Waals surface area contributed by atoms with Gasteiger partial charge in [-0.25, -0.2) is 13.6 Å². The minimum Gasteiger partial charge on any atom is -0.481 e. The minimum absolute atomic E-state index is 0.0918. The maximum Gasteiger partial charge on any atom is 0.322 e. The van der Waals surface area contributed by atoms with Crippen molar-refractivity contribution in [3.63, 3.8) is 0 Å². The third-order valence-electron chi connectivity index (χ3n) is 2.49. The molecule has 0 radical (unpaired) electrons. The molecule has 0 heterocycles. The van der Waals surface area contributed by atoms with E-state index >= 15 is 0 Å². The second-order valence-electron chi connectivity index (χ2n) is 4.06. The molecule has 1 rings (SSSR count). The number of rotatable bonds is 7. The molecule has 0 aliphatic rings. The van der Waals surface area contributed by atoms with Gasteiger partial charge in [0.1, 0.15) is 0 Å². The number of para-hydroxylation sites is 1. The summed E-state index contributed by atoms with van der Waals surface area (Å²) in [7, 11) is 0. The summed E-state index contributed by atoms with van der Waals surface area (Å²) in [5.74, 6) is -0.967. The van der Waals surface area contributed by atoms with Crippen LogP contribution in [0.1, 0.15) is 12.8 Å². The van der Waals surface area contributed by atoms with Crippen LogP contribution in [0.15, 0.2) is 30.3 Å². The molecule has 0 saturated heterocycles. The molecule has 5 nitrogen and oxygen atoms in total. The van der Waals surface area contributed by atoms with E-state index in [1.165, 1.54) is 4.90 Å². The molecule has 0 atom stereocenters. The maximum atomic E-state index is 12.1.